The zero-order valence-electron chi connectivity index (χ0n) is 8.05. The Morgan fingerprint density at radius 1 is 1.33 bits per heavy atom. The van der Waals surface area contributed by atoms with E-state index in [1.54, 1.807) is 0 Å². The number of carboxylic acids is 1. The van der Waals surface area contributed by atoms with Crippen molar-refractivity contribution in [3.8, 4) is 0 Å². The number of hydrogen-bond donors (Lipinski definition) is 1. The van der Waals surface area contributed by atoms with Crippen LogP contribution in [-0.4, -0.2) is 42.0 Å². The Hall–Kier alpha value is -0.430. The zero-order valence-corrected chi connectivity index (χ0v) is 8.86. The molecule has 0 heterocycles. The second kappa shape index (κ2) is 7.81. The van der Waals surface area contributed by atoms with Gasteiger partial charge >= 0.3 is 12.1 Å². The van der Waals surface area contributed by atoms with E-state index in [-0.39, 0.29) is 13.0 Å². The van der Waals surface area contributed by atoms with Gasteiger partial charge in [0.15, 0.2) is 0 Å². The van der Waals surface area contributed by atoms with Gasteiger partial charge in [-0.1, -0.05) is 0 Å². The minimum atomic E-state index is -4.27. The van der Waals surface area contributed by atoms with Gasteiger partial charge in [-0.15, -0.1) is 0 Å². The van der Waals surface area contributed by atoms with Crippen molar-refractivity contribution >= 4 is 17.7 Å². The van der Waals surface area contributed by atoms with E-state index in [0.717, 1.165) is 0 Å². The van der Waals surface area contributed by atoms with Crippen molar-refractivity contribution in [1.82, 2.24) is 0 Å². The van der Waals surface area contributed by atoms with Crippen molar-refractivity contribution in [3.63, 3.8) is 0 Å². The standard InChI is InChI=1S/C8H13F3O3S/c9-8(10,11)6-14-3-1-4-15-5-2-7(12)13/h1-6H2,(H,12,13). The summed E-state index contributed by atoms with van der Waals surface area (Å²) in [6, 6.07) is 0. The van der Waals surface area contributed by atoms with Gasteiger partial charge in [-0.25, -0.2) is 0 Å². The lowest BCUT2D eigenvalue weighted by atomic mass is 10.5. The highest BCUT2D eigenvalue weighted by molar-refractivity contribution is 7.99. The lowest BCUT2D eigenvalue weighted by Gasteiger charge is -2.06. The average Bonchev–Trinajstić information content (AvgIpc) is 2.07. The van der Waals surface area contributed by atoms with E-state index in [1.807, 2.05) is 0 Å². The highest BCUT2D eigenvalue weighted by Gasteiger charge is 2.27. The molecule has 0 atom stereocenters. The summed E-state index contributed by atoms with van der Waals surface area (Å²) in [7, 11) is 0. The molecule has 7 heteroatoms. The van der Waals surface area contributed by atoms with Gasteiger partial charge in [0.2, 0.25) is 0 Å². The predicted molar refractivity (Wildman–Crippen MR) is 51.1 cm³/mol. The molecule has 0 aromatic carbocycles. The lowest BCUT2D eigenvalue weighted by molar-refractivity contribution is -0.173. The van der Waals surface area contributed by atoms with Crippen molar-refractivity contribution in [2.45, 2.75) is 19.0 Å². The number of ether oxygens (including phenoxy) is 1. The topological polar surface area (TPSA) is 46.5 Å². The molecule has 90 valence electrons. The predicted octanol–water partition coefficient (Wildman–Crippen LogP) is 2.16. The molecule has 0 unspecified atom stereocenters. The van der Waals surface area contributed by atoms with Gasteiger partial charge in [-0.3, -0.25) is 4.79 Å². The molecule has 0 bridgehead atoms. The number of carboxylic acid groups (broad SMARTS) is 1. The summed E-state index contributed by atoms with van der Waals surface area (Å²) in [4.78, 5) is 10.1. The second-order valence-electron chi connectivity index (χ2n) is 2.78. The Morgan fingerprint density at radius 2 is 2.00 bits per heavy atom. The summed E-state index contributed by atoms with van der Waals surface area (Å²) in [6.07, 6.45) is -3.69. The number of hydrogen-bond acceptors (Lipinski definition) is 3. The Labute approximate surface area is 90.0 Å². The summed E-state index contributed by atoms with van der Waals surface area (Å²) >= 11 is 1.40. The molecule has 0 radical (unpaired) electrons. The third-order valence-electron chi connectivity index (χ3n) is 1.30. The fourth-order valence-electron chi connectivity index (χ4n) is 0.712. The number of alkyl halides is 3. The molecule has 0 aliphatic rings. The molecule has 0 saturated carbocycles. The van der Waals surface area contributed by atoms with Crippen molar-refractivity contribution in [2.75, 3.05) is 24.7 Å². The first-order valence-corrected chi connectivity index (χ1v) is 5.51. The lowest BCUT2D eigenvalue weighted by Crippen LogP contribution is -2.17. The minimum absolute atomic E-state index is 0.0551. The first kappa shape index (κ1) is 14.6. The van der Waals surface area contributed by atoms with Crippen LogP contribution in [0.1, 0.15) is 12.8 Å². The van der Waals surface area contributed by atoms with Gasteiger partial charge in [0.25, 0.3) is 0 Å². The van der Waals surface area contributed by atoms with Crippen molar-refractivity contribution in [3.05, 3.63) is 0 Å². The summed E-state index contributed by atoms with van der Waals surface area (Å²) in [5.41, 5.74) is 0. The molecule has 0 rings (SSSR count). The molecule has 0 amide bonds. The maximum Gasteiger partial charge on any atom is 0.411 e. The molecule has 0 spiro atoms. The van der Waals surface area contributed by atoms with Crippen molar-refractivity contribution in [2.24, 2.45) is 0 Å². The van der Waals surface area contributed by atoms with Crippen LogP contribution in [0.2, 0.25) is 0 Å². The molecule has 0 aromatic heterocycles. The normalized spacial score (nSPS) is 11.7. The van der Waals surface area contributed by atoms with E-state index in [1.165, 1.54) is 11.8 Å². The quantitative estimate of drug-likeness (QED) is 0.667. The van der Waals surface area contributed by atoms with Crippen molar-refractivity contribution < 1.29 is 27.8 Å². The SMILES string of the molecule is O=C(O)CCSCCCOCC(F)(F)F. The van der Waals surface area contributed by atoms with Crippen LogP contribution in [-0.2, 0) is 9.53 Å². The number of thioether (sulfide) groups is 1. The van der Waals surface area contributed by atoms with Crippen LogP contribution < -0.4 is 0 Å². The van der Waals surface area contributed by atoms with Gasteiger partial charge in [0.1, 0.15) is 6.61 Å². The monoisotopic (exact) mass is 246 g/mol. The summed E-state index contributed by atoms with van der Waals surface area (Å²) in [6.45, 7) is -1.16. The van der Waals surface area contributed by atoms with Crippen LogP contribution in [0.25, 0.3) is 0 Å². The molecule has 3 nitrogen and oxygen atoms in total. The molecule has 0 aliphatic carbocycles. The Balaban J connectivity index is 3.09. The highest BCUT2D eigenvalue weighted by atomic mass is 32.2. The third kappa shape index (κ3) is 13.6. The number of rotatable bonds is 8. The van der Waals surface area contributed by atoms with Crippen LogP contribution in [0.5, 0.6) is 0 Å². The zero-order chi connectivity index (χ0) is 11.7. The fourth-order valence-corrected chi connectivity index (χ4v) is 1.56. The van der Waals surface area contributed by atoms with Crippen LogP contribution >= 0.6 is 11.8 Å². The molecule has 0 fully saturated rings. The molecular weight excluding hydrogens is 233 g/mol. The number of halogens is 3. The van der Waals surface area contributed by atoms with Crippen LogP contribution in [0.15, 0.2) is 0 Å². The van der Waals surface area contributed by atoms with E-state index in [0.29, 0.717) is 17.9 Å². The van der Waals surface area contributed by atoms with E-state index in [2.05, 4.69) is 4.74 Å². The number of aliphatic carboxylic acids is 1. The first-order valence-electron chi connectivity index (χ1n) is 4.36. The fraction of sp³-hybridized carbons (Fsp3) is 0.875. The van der Waals surface area contributed by atoms with Gasteiger partial charge in [0.05, 0.1) is 6.42 Å². The van der Waals surface area contributed by atoms with Gasteiger partial charge in [0, 0.05) is 12.4 Å². The first-order chi connectivity index (χ1) is 6.92. The summed E-state index contributed by atoms with van der Waals surface area (Å²) < 4.78 is 39.1. The smallest absolute Gasteiger partial charge is 0.411 e. The highest BCUT2D eigenvalue weighted by Crippen LogP contribution is 2.14. The van der Waals surface area contributed by atoms with Crippen molar-refractivity contribution in [1.29, 1.82) is 0 Å². The van der Waals surface area contributed by atoms with Crippen LogP contribution in [0.4, 0.5) is 13.2 Å². The molecular formula is C8H13F3O3S. The van der Waals surface area contributed by atoms with E-state index < -0.39 is 18.8 Å². The van der Waals surface area contributed by atoms with E-state index >= 15 is 0 Å². The largest absolute Gasteiger partial charge is 0.481 e. The Bertz CT molecular complexity index is 184. The minimum Gasteiger partial charge on any atom is -0.481 e. The molecule has 0 saturated heterocycles. The van der Waals surface area contributed by atoms with E-state index in [9.17, 15) is 18.0 Å². The Morgan fingerprint density at radius 3 is 2.53 bits per heavy atom. The maximum atomic E-state index is 11.6. The van der Waals surface area contributed by atoms with Gasteiger partial charge in [-0.05, 0) is 12.2 Å². The maximum absolute atomic E-state index is 11.6. The molecule has 1 N–H and O–H groups in total. The molecule has 0 aliphatic heterocycles. The summed E-state index contributed by atoms with van der Waals surface area (Å²) in [5.74, 6) is 0.232. The van der Waals surface area contributed by atoms with Gasteiger partial charge in [-0.2, -0.15) is 24.9 Å². The molecule has 15 heavy (non-hydrogen) atoms. The van der Waals surface area contributed by atoms with Gasteiger partial charge < -0.3 is 9.84 Å². The second-order valence-corrected chi connectivity index (χ2v) is 4.00. The Kier molecular flexibility index (Phi) is 7.59. The summed E-state index contributed by atoms with van der Waals surface area (Å²) in [5, 5.41) is 8.28. The third-order valence-corrected chi connectivity index (χ3v) is 2.37. The van der Waals surface area contributed by atoms with E-state index in [4.69, 9.17) is 5.11 Å². The van der Waals surface area contributed by atoms with Crippen LogP contribution in [0.3, 0.4) is 0 Å². The van der Waals surface area contributed by atoms with Crippen LogP contribution in [0, 0.1) is 0 Å². The number of carbonyl (C=O) groups is 1. The molecule has 0 aromatic rings. The average molecular weight is 246 g/mol.